The zero-order valence-electron chi connectivity index (χ0n) is 13.9. The molecule has 24 heavy (non-hydrogen) atoms. The van der Waals surface area contributed by atoms with Crippen molar-refractivity contribution in [3.8, 4) is 5.75 Å². The van der Waals surface area contributed by atoms with Gasteiger partial charge in [0.1, 0.15) is 5.75 Å². The van der Waals surface area contributed by atoms with Crippen LogP contribution in [0.3, 0.4) is 0 Å². The Bertz CT molecular complexity index is 665. The zero-order chi connectivity index (χ0) is 17.7. The summed E-state index contributed by atoms with van der Waals surface area (Å²) >= 11 is 0. The Labute approximate surface area is 140 Å². The summed E-state index contributed by atoms with van der Waals surface area (Å²) in [5, 5.41) is 0. The first-order chi connectivity index (χ1) is 11.3. The topological polar surface area (TPSA) is 35.2 Å². The summed E-state index contributed by atoms with van der Waals surface area (Å²) < 4.78 is 43.6. The molecule has 0 aliphatic heterocycles. The molecule has 1 unspecified atom stereocenters. The van der Waals surface area contributed by atoms with Crippen molar-refractivity contribution in [3.05, 3.63) is 64.7 Å². The molecule has 1 atom stereocenters. The van der Waals surface area contributed by atoms with Gasteiger partial charge in [0.05, 0.1) is 12.2 Å². The number of hydrogen-bond donors (Lipinski definition) is 1. The molecule has 130 valence electrons. The lowest BCUT2D eigenvalue weighted by atomic mass is 9.90. The molecule has 2 nitrogen and oxygen atoms in total. The molecule has 0 aromatic heterocycles. The van der Waals surface area contributed by atoms with Crippen LogP contribution in [0.4, 0.5) is 13.2 Å². The van der Waals surface area contributed by atoms with Crippen LogP contribution in [0.15, 0.2) is 42.5 Å². The first-order valence-corrected chi connectivity index (χ1v) is 7.94. The summed E-state index contributed by atoms with van der Waals surface area (Å²) in [7, 11) is 0. The molecule has 0 spiro atoms. The van der Waals surface area contributed by atoms with E-state index in [-0.39, 0.29) is 5.92 Å². The average molecular weight is 337 g/mol. The summed E-state index contributed by atoms with van der Waals surface area (Å²) in [6, 6.07) is 11.2. The van der Waals surface area contributed by atoms with E-state index in [1.165, 1.54) is 12.1 Å². The van der Waals surface area contributed by atoms with E-state index in [4.69, 9.17) is 10.5 Å². The number of aryl methyl sites for hydroxylation is 1. The fourth-order valence-electron chi connectivity index (χ4n) is 2.71. The Kier molecular flexibility index (Phi) is 5.89. The Morgan fingerprint density at radius 2 is 1.75 bits per heavy atom. The number of alkyl halides is 3. The van der Waals surface area contributed by atoms with Crippen molar-refractivity contribution in [1.82, 2.24) is 0 Å². The smallest absolute Gasteiger partial charge is 0.416 e. The van der Waals surface area contributed by atoms with E-state index < -0.39 is 11.7 Å². The molecular formula is C19H22F3NO. The second-order valence-corrected chi connectivity index (χ2v) is 5.81. The third-order valence-corrected chi connectivity index (χ3v) is 3.95. The molecule has 0 heterocycles. The van der Waals surface area contributed by atoms with E-state index in [0.29, 0.717) is 19.6 Å². The highest BCUT2D eigenvalue weighted by atomic mass is 19.4. The molecule has 0 aliphatic rings. The molecule has 0 aliphatic carbocycles. The SMILES string of the molecule is CCOc1ccc(C)cc1C(CN)Cc1ccc(C(F)(F)F)cc1. The van der Waals surface area contributed by atoms with Crippen LogP contribution in [0.25, 0.3) is 0 Å². The van der Waals surface area contributed by atoms with Gasteiger partial charge in [-0.15, -0.1) is 0 Å². The Balaban J connectivity index is 2.25. The lowest BCUT2D eigenvalue weighted by molar-refractivity contribution is -0.137. The van der Waals surface area contributed by atoms with E-state index in [9.17, 15) is 13.2 Å². The Morgan fingerprint density at radius 1 is 1.08 bits per heavy atom. The van der Waals surface area contributed by atoms with Crippen molar-refractivity contribution in [3.63, 3.8) is 0 Å². The quantitative estimate of drug-likeness (QED) is 0.829. The van der Waals surface area contributed by atoms with Gasteiger partial charge in [0.25, 0.3) is 0 Å². The van der Waals surface area contributed by atoms with Crippen molar-refractivity contribution in [2.75, 3.05) is 13.2 Å². The van der Waals surface area contributed by atoms with Gasteiger partial charge in [-0.2, -0.15) is 13.2 Å². The molecule has 2 N–H and O–H groups in total. The van der Waals surface area contributed by atoms with Gasteiger partial charge in [-0.1, -0.05) is 29.8 Å². The maximum Gasteiger partial charge on any atom is 0.416 e. The highest BCUT2D eigenvalue weighted by Crippen LogP contribution is 2.32. The van der Waals surface area contributed by atoms with Crippen LogP contribution in [-0.4, -0.2) is 13.2 Å². The highest BCUT2D eigenvalue weighted by Gasteiger charge is 2.30. The van der Waals surface area contributed by atoms with Gasteiger partial charge >= 0.3 is 6.18 Å². The standard InChI is InChI=1S/C19H22F3NO/c1-3-24-18-9-4-13(2)10-17(18)15(12-23)11-14-5-7-16(8-6-14)19(20,21)22/h4-10,15H,3,11-12,23H2,1-2H3. The molecule has 0 radical (unpaired) electrons. The monoisotopic (exact) mass is 337 g/mol. The lowest BCUT2D eigenvalue weighted by Crippen LogP contribution is -2.16. The molecule has 0 saturated carbocycles. The molecule has 0 amide bonds. The fourth-order valence-corrected chi connectivity index (χ4v) is 2.71. The van der Waals surface area contributed by atoms with E-state index in [2.05, 4.69) is 0 Å². The second kappa shape index (κ2) is 7.71. The van der Waals surface area contributed by atoms with Crippen LogP contribution in [-0.2, 0) is 12.6 Å². The van der Waals surface area contributed by atoms with Crippen LogP contribution >= 0.6 is 0 Å². The summed E-state index contributed by atoms with van der Waals surface area (Å²) in [6.07, 6.45) is -3.75. The van der Waals surface area contributed by atoms with E-state index in [0.717, 1.165) is 34.6 Å². The average Bonchev–Trinajstić information content (AvgIpc) is 2.54. The Morgan fingerprint density at radius 3 is 2.29 bits per heavy atom. The van der Waals surface area contributed by atoms with Crippen LogP contribution < -0.4 is 10.5 Å². The molecule has 0 saturated heterocycles. The number of benzene rings is 2. The highest BCUT2D eigenvalue weighted by molar-refractivity contribution is 5.41. The van der Waals surface area contributed by atoms with Crippen molar-refractivity contribution >= 4 is 0 Å². The maximum absolute atomic E-state index is 12.7. The van der Waals surface area contributed by atoms with Gasteiger partial charge in [-0.25, -0.2) is 0 Å². The van der Waals surface area contributed by atoms with Gasteiger partial charge in [0.2, 0.25) is 0 Å². The molecular weight excluding hydrogens is 315 g/mol. The van der Waals surface area contributed by atoms with E-state index >= 15 is 0 Å². The predicted octanol–water partition coefficient (Wildman–Crippen LogP) is 4.70. The number of rotatable bonds is 6. The largest absolute Gasteiger partial charge is 0.494 e. The zero-order valence-corrected chi connectivity index (χ0v) is 13.9. The lowest BCUT2D eigenvalue weighted by Gasteiger charge is -2.20. The van der Waals surface area contributed by atoms with Gasteiger partial charge in [0.15, 0.2) is 0 Å². The van der Waals surface area contributed by atoms with Gasteiger partial charge in [-0.05, 0) is 56.1 Å². The first kappa shape index (κ1) is 18.3. The van der Waals surface area contributed by atoms with Gasteiger partial charge in [0, 0.05) is 5.92 Å². The summed E-state index contributed by atoms with van der Waals surface area (Å²) in [6.45, 7) is 4.85. The molecule has 2 rings (SSSR count). The predicted molar refractivity (Wildman–Crippen MR) is 89.3 cm³/mol. The van der Waals surface area contributed by atoms with E-state index in [1.54, 1.807) is 0 Å². The van der Waals surface area contributed by atoms with Crippen molar-refractivity contribution < 1.29 is 17.9 Å². The maximum atomic E-state index is 12.7. The van der Waals surface area contributed by atoms with Crippen LogP contribution in [0.1, 0.15) is 35.1 Å². The van der Waals surface area contributed by atoms with E-state index in [1.807, 2.05) is 32.0 Å². The van der Waals surface area contributed by atoms with Crippen LogP contribution in [0.5, 0.6) is 5.75 Å². The normalized spacial score (nSPS) is 12.9. The minimum Gasteiger partial charge on any atom is -0.494 e. The number of nitrogens with two attached hydrogens (primary N) is 1. The number of ether oxygens (including phenoxy) is 1. The molecule has 2 aromatic rings. The summed E-state index contributed by atoms with van der Waals surface area (Å²) in [4.78, 5) is 0. The third kappa shape index (κ3) is 4.51. The first-order valence-electron chi connectivity index (χ1n) is 7.94. The van der Waals surface area contributed by atoms with Crippen LogP contribution in [0.2, 0.25) is 0 Å². The molecule has 0 fully saturated rings. The summed E-state index contributed by atoms with van der Waals surface area (Å²) in [5.41, 5.74) is 8.21. The molecule has 2 aromatic carbocycles. The molecule has 5 heteroatoms. The fraction of sp³-hybridized carbons (Fsp3) is 0.368. The minimum absolute atomic E-state index is 0.0109. The van der Waals surface area contributed by atoms with Crippen LogP contribution in [0, 0.1) is 6.92 Å². The number of halogens is 3. The Hall–Kier alpha value is -2.01. The van der Waals surface area contributed by atoms with Crippen molar-refractivity contribution in [1.29, 1.82) is 0 Å². The van der Waals surface area contributed by atoms with Crippen molar-refractivity contribution in [2.24, 2.45) is 5.73 Å². The van der Waals surface area contributed by atoms with Gasteiger partial charge < -0.3 is 10.5 Å². The second-order valence-electron chi connectivity index (χ2n) is 5.81. The van der Waals surface area contributed by atoms with Gasteiger partial charge in [-0.3, -0.25) is 0 Å². The van der Waals surface area contributed by atoms with Crippen molar-refractivity contribution in [2.45, 2.75) is 32.4 Å². The summed E-state index contributed by atoms with van der Waals surface area (Å²) in [5.74, 6) is 0.772. The number of hydrogen-bond acceptors (Lipinski definition) is 2. The molecule has 0 bridgehead atoms. The third-order valence-electron chi connectivity index (χ3n) is 3.95. The minimum atomic E-state index is -4.32.